The van der Waals surface area contributed by atoms with Gasteiger partial charge in [0.15, 0.2) is 0 Å². The minimum Gasteiger partial charge on any atom is -0.385 e. The van der Waals surface area contributed by atoms with Gasteiger partial charge in [0.2, 0.25) is 5.95 Å². The summed E-state index contributed by atoms with van der Waals surface area (Å²) in [6.07, 6.45) is 9.08. The molecule has 0 aromatic carbocycles. The van der Waals surface area contributed by atoms with Crippen LogP contribution < -0.4 is 5.32 Å². The van der Waals surface area contributed by atoms with Crippen LogP contribution in [0.15, 0.2) is 12.4 Å². The fraction of sp³-hybridized carbons (Fsp3) is 0.750. The van der Waals surface area contributed by atoms with E-state index in [2.05, 4.69) is 21.1 Å². The zero-order chi connectivity index (χ0) is 11.2. The van der Waals surface area contributed by atoms with Crippen molar-refractivity contribution in [3.63, 3.8) is 0 Å². The van der Waals surface area contributed by atoms with E-state index in [1.807, 2.05) is 6.20 Å². The largest absolute Gasteiger partial charge is 0.385 e. The predicted octanol–water partition coefficient (Wildman–Crippen LogP) is 2.13. The minimum absolute atomic E-state index is 0.801. The minimum atomic E-state index is 0.801. The quantitative estimate of drug-likeness (QED) is 0.686. The van der Waals surface area contributed by atoms with E-state index in [1.54, 1.807) is 7.11 Å². The van der Waals surface area contributed by atoms with E-state index in [9.17, 15) is 0 Å². The number of nitrogens with one attached hydrogen (secondary N) is 1. The Morgan fingerprint density at radius 2 is 2.44 bits per heavy atom. The van der Waals surface area contributed by atoms with E-state index in [0.717, 1.165) is 38.0 Å². The molecule has 4 nitrogen and oxygen atoms in total. The van der Waals surface area contributed by atoms with Gasteiger partial charge in [0.05, 0.1) is 0 Å². The van der Waals surface area contributed by atoms with Gasteiger partial charge in [-0.05, 0) is 18.8 Å². The molecule has 0 saturated heterocycles. The predicted molar refractivity (Wildman–Crippen MR) is 64.6 cm³/mol. The summed E-state index contributed by atoms with van der Waals surface area (Å²) in [5.41, 5.74) is 0. The van der Waals surface area contributed by atoms with Crippen molar-refractivity contribution in [1.82, 2.24) is 9.55 Å². The molecule has 0 atom stereocenters. The third kappa shape index (κ3) is 3.52. The van der Waals surface area contributed by atoms with Gasteiger partial charge >= 0.3 is 0 Å². The van der Waals surface area contributed by atoms with Gasteiger partial charge in [-0.25, -0.2) is 4.98 Å². The first kappa shape index (κ1) is 11.5. The summed E-state index contributed by atoms with van der Waals surface area (Å²) in [7, 11) is 1.73. The highest BCUT2D eigenvalue weighted by Crippen LogP contribution is 2.32. The highest BCUT2D eigenvalue weighted by molar-refractivity contribution is 5.25. The van der Waals surface area contributed by atoms with Crippen LogP contribution in [0.4, 0.5) is 5.95 Å². The summed E-state index contributed by atoms with van der Waals surface area (Å²) < 4.78 is 7.22. The Hall–Kier alpha value is -1.03. The first-order chi connectivity index (χ1) is 7.90. The van der Waals surface area contributed by atoms with Gasteiger partial charge in [-0.15, -0.1) is 0 Å². The number of anilines is 1. The van der Waals surface area contributed by atoms with Crippen LogP contribution in [-0.4, -0.2) is 29.8 Å². The summed E-state index contributed by atoms with van der Waals surface area (Å²) in [6, 6.07) is 0. The molecule has 4 heteroatoms. The number of nitrogens with zero attached hydrogens (tertiary/aromatic N) is 2. The third-order valence-corrected chi connectivity index (χ3v) is 3.00. The lowest BCUT2D eigenvalue weighted by Crippen LogP contribution is -2.10. The molecular formula is C12H21N3O. The van der Waals surface area contributed by atoms with E-state index in [4.69, 9.17) is 4.74 Å². The SMILES string of the molecule is COCCCNc1nccn1CCC1CC1. The lowest BCUT2D eigenvalue weighted by atomic mass is 10.3. The normalized spacial score (nSPS) is 15.3. The van der Waals surface area contributed by atoms with Crippen molar-refractivity contribution in [3.8, 4) is 0 Å². The summed E-state index contributed by atoms with van der Waals surface area (Å²) in [6.45, 7) is 2.82. The van der Waals surface area contributed by atoms with Gasteiger partial charge in [-0.2, -0.15) is 0 Å². The Balaban J connectivity index is 1.71. The second-order valence-electron chi connectivity index (χ2n) is 4.45. The molecule has 1 aromatic heterocycles. The Labute approximate surface area is 97.0 Å². The first-order valence-corrected chi connectivity index (χ1v) is 6.14. The Morgan fingerprint density at radius 1 is 1.56 bits per heavy atom. The van der Waals surface area contributed by atoms with Crippen molar-refractivity contribution in [3.05, 3.63) is 12.4 Å². The number of aryl methyl sites for hydroxylation is 1. The maximum atomic E-state index is 5.01. The second kappa shape index (κ2) is 5.89. The van der Waals surface area contributed by atoms with Crippen LogP contribution in [0.5, 0.6) is 0 Å². The molecule has 0 unspecified atom stereocenters. The maximum Gasteiger partial charge on any atom is 0.202 e. The number of ether oxygens (including phenoxy) is 1. The molecule has 0 amide bonds. The number of hydrogen-bond acceptors (Lipinski definition) is 3. The highest BCUT2D eigenvalue weighted by atomic mass is 16.5. The van der Waals surface area contributed by atoms with Crippen LogP contribution in [0.1, 0.15) is 25.7 Å². The van der Waals surface area contributed by atoms with E-state index in [1.165, 1.54) is 19.3 Å². The molecule has 1 N–H and O–H groups in total. The fourth-order valence-corrected chi connectivity index (χ4v) is 1.80. The molecule has 2 rings (SSSR count). The number of rotatable bonds is 8. The van der Waals surface area contributed by atoms with E-state index in [0.29, 0.717) is 0 Å². The van der Waals surface area contributed by atoms with Gasteiger partial charge in [-0.3, -0.25) is 0 Å². The molecule has 1 saturated carbocycles. The second-order valence-corrected chi connectivity index (χ2v) is 4.45. The van der Waals surface area contributed by atoms with Crippen molar-refractivity contribution >= 4 is 5.95 Å². The summed E-state index contributed by atoms with van der Waals surface area (Å²) in [5, 5.41) is 3.34. The molecule has 0 spiro atoms. The molecule has 1 aliphatic carbocycles. The molecule has 0 aliphatic heterocycles. The zero-order valence-electron chi connectivity index (χ0n) is 9.98. The Bertz CT molecular complexity index is 307. The molecule has 0 radical (unpaired) electrons. The van der Waals surface area contributed by atoms with Crippen LogP contribution in [0.2, 0.25) is 0 Å². The molecule has 1 aromatic rings. The lowest BCUT2D eigenvalue weighted by Gasteiger charge is -2.09. The molecular weight excluding hydrogens is 202 g/mol. The summed E-state index contributed by atoms with van der Waals surface area (Å²) in [4.78, 5) is 4.32. The Morgan fingerprint density at radius 3 is 3.19 bits per heavy atom. The van der Waals surface area contributed by atoms with Crippen LogP contribution in [0.3, 0.4) is 0 Å². The van der Waals surface area contributed by atoms with Crippen molar-refractivity contribution in [2.45, 2.75) is 32.2 Å². The lowest BCUT2D eigenvalue weighted by molar-refractivity contribution is 0.197. The molecule has 90 valence electrons. The third-order valence-electron chi connectivity index (χ3n) is 3.00. The van der Waals surface area contributed by atoms with Gasteiger partial charge in [-0.1, -0.05) is 12.8 Å². The van der Waals surface area contributed by atoms with Gasteiger partial charge in [0.1, 0.15) is 0 Å². The van der Waals surface area contributed by atoms with Crippen molar-refractivity contribution in [2.24, 2.45) is 5.92 Å². The summed E-state index contributed by atoms with van der Waals surface area (Å²) in [5.74, 6) is 1.97. The molecule has 1 heterocycles. The van der Waals surface area contributed by atoms with Crippen LogP contribution in [0.25, 0.3) is 0 Å². The first-order valence-electron chi connectivity index (χ1n) is 6.14. The van der Waals surface area contributed by atoms with Gasteiger partial charge in [0, 0.05) is 39.2 Å². The van der Waals surface area contributed by atoms with Gasteiger partial charge < -0.3 is 14.6 Å². The smallest absolute Gasteiger partial charge is 0.202 e. The van der Waals surface area contributed by atoms with Crippen molar-refractivity contribution < 1.29 is 4.74 Å². The average molecular weight is 223 g/mol. The van der Waals surface area contributed by atoms with Crippen LogP contribution >= 0.6 is 0 Å². The van der Waals surface area contributed by atoms with Crippen molar-refractivity contribution in [2.75, 3.05) is 25.6 Å². The van der Waals surface area contributed by atoms with Crippen LogP contribution in [-0.2, 0) is 11.3 Å². The number of methoxy groups -OCH3 is 1. The summed E-state index contributed by atoms with van der Waals surface area (Å²) >= 11 is 0. The van der Waals surface area contributed by atoms with E-state index < -0.39 is 0 Å². The van der Waals surface area contributed by atoms with Crippen molar-refractivity contribution in [1.29, 1.82) is 0 Å². The standard InChI is InChI=1S/C12H21N3O/c1-16-10-2-6-13-12-14-7-9-15(12)8-5-11-3-4-11/h7,9,11H,2-6,8,10H2,1H3,(H,13,14). The molecule has 0 bridgehead atoms. The number of imidazole rings is 1. The zero-order valence-corrected chi connectivity index (χ0v) is 9.98. The average Bonchev–Trinajstić information content (AvgIpc) is 3.02. The fourth-order valence-electron chi connectivity index (χ4n) is 1.80. The maximum absolute atomic E-state index is 5.01. The molecule has 1 fully saturated rings. The topological polar surface area (TPSA) is 39.1 Å². The van der Waals surface area contributed by atoms with Gasteiger partial charge in [0.25, 0.3) is 0 Å². The highest BCUT2D eigenvalue weighted by Gasteiger charge is 2.20. The number of aromatic nitrogens is 2. The Kier molecular flexibility index (Phi) is 4.22. The monoisotopic (exact) mass is 223 g/mol. The van der Waals surface area contributed by atoms with Crippen LogP contribution in [0, 0.1) is 5.92 Å². The molecule has 1 aliphatic rings. The van der Waals surface area contributed by atoms with E-state index in [-0.39, 0.29) is 0 Å². The molecule has 16 heavy (non-hydrogen) atoms. The van der Waals surface area contributed by atoms with E-state index >= 15 is 0 Å². The number of hydrogen-bond donors (Lipinski definition) is 1.